The number of nitrogens with one attached hydrogen (secondary N) is 1. The first-order valence-corrected chi connectivity index (χ1v) is 5.54. The number of hydrogen-bond donors (Lipinski definition) is 2. The van der Waals surface area contributed by atoms with Gasteiger partial charge in [0.2, 0.25) is 6.29 Å². The minimum atomic E-state index is -1.23. The SMILES string of the molecule is O=C1OC(O)c2c1ncc1[nH]c3ccccc3c21. The van der Waals surface area contributed by atoms with Crippen LogP contribution in [-0.4, -0.2) is 21.0 Å². The van der Waals surface area contributed by atoms with Crippen molar-refractivity contribution < 1.29 is 14.6 Å². The van der Waals surface area contributed by atoms with Gasteiger partial charge >= 0.3 is 5.97 Å². The van der Waals surface area contributed by atoms with E-state index >= 15 is 0 Å². The molecular weight excluding hydrogens is 232 g/mol. The van der Waals surface area contributed by atoms with E-state index in [0.29, 0.717) is 5.56 Å². The third kappa shape index (κ3) is 1.04. The molecule has 5 nitrogen and oxygen atoms in total. The number of benzene rings is 1. The van der Waals surface area contributed by atoms with Crippen LogP contribution in [0.3, 0.4) is 0 Å². The lowest BCUT2D eigenvalue weighted by atomic mass is 10.1. The maximum Gasteiger partial charge on any atom is 0.360 e. The average molecular weight is 240 g/mol. The van der Waals surface area contributed by atoms with Crippen LogP contribution in [-0.2, 0) is 4.74 Å². The maximum atomic E-state index is 11.5. The van der Waals surface area contributed by atoms with Crippen molar-refractivity contribution >= 4 is 27.8 Å². The first-order valence-electron chi connectivity index (χ1n) is 5.54. The van der Waals surface area contributed by atoms with E-state index in [1.165, 1.54) is 0 Å². The van der Waals surface area contributed by atoms with Crippen LogP contribution >= 0.6 is 0 Å². The first-order chi connectivity index (χ1) is 8.75. The Morgan fingerprint density at radius 3 is 3.00 bits per heavy atom. The molecule has 1 aromatic carbocycles. The number of nitrogens with zero attached hydrogens (tertiary/aromatic N) is 1. The first kappa shape index (κ1) is 9.61. The molecule has 18 heavy (non-hydrogen) atoms. The van der Waals surface area contributed by atoms with Crippen LogP contribution in [0, 0.1) is 0 Å². The summed E-state index contributed by atoms with van der Waals surface area (Å²) in [6.07, 6.45) is 0.357. The lowest BCUT2D eigenvalue weighted by molar-refractivity contribution is -0.0540. The largest absolute Gasteiger partial charge is 0.427 e. The van der Waals surface area contributed by atoms with Crippen LogP contribution in [0.15, 0.2) is 30.5 Å². The molecule has 0 saturated heterocycles. The molecule has 3 aromatic rings. The number of aliphatic hydroxyl groups excluding tert-OH is 1. The molecule has 5 heteroatoms. The summed E-state index contributed by atoms with van der Waals surface area (Å²) in [6.45, 7) is 0. The molecule has 1 aliphatic rings. The van der Waals surface area contributed by atoms with Crippen molar-refractivity contribution in [3.05, 3.63) is 41.7 Å². The van der Waals surface area contributed by atoms with Crippen LogP contribution in [0.2, 0.25) is 0 Å². The van der Waals surface area contributed by atoms with Gasteiger partial charge in [0.05, 0.1) is 17.3 Å². The highest BCUT2D eigenvalue weighted by Gasteiger charge is 2.34. The molecule has 0 fully saturated rings. The molecule has 0 saturated carbocycles. The number of ether oxygens (including phenoxy) is 1. The number of fused-ring (bicyclic) bond motifs is 5. The van der Waals surface area contributed by atoms with Crippen molar-refractivity contribution in [2.75, 3.05) is 0 Å². The summed E-state index contributed by atoms with van der Waals surface area (Å²) in [5.41, 5.74) is 2.37. The number of hydrogen-bond acceptors (Lipinski definition) is 4. The van der Waals surface area contributed by atoms with Crippen molar-refractivity contribution in [3.8, 4) is 0 Å². The fourth-order valence-electron chi connectivity index (χ4n) is 2.49. The van der Waals surface area contributed by atoms with Gasteiger partial charge in [-0.25, -0.2) is 9.78 Å². The summed E-state index contributed by atoms with van der Waals surface area (Å²) < 4.78 is 4.80. The highest BCUT2D eigenvalue weighted by Crippen LogP contribution is 2.37. The lowest BCUT2D eigenvalue weighted by Crippen LogP contribution is -1.97. The van der Waals surface area contributed by atoms with E-state index < -0.39 is 12.3 Å². The molecule has 1 unspecified atom stereocenters. The molecule has 0 spiro atoms. The zero-order chi connectivity index (χ0) is 12.3. The molecule has 0 amide bonds. The number of carbonyl (C=O) groups excluding carboxylic acids is 1. The number of pyridine rings is 1. The van der Waals surface area contributed by atoms with Crippen molar-refractivity contribution in [1.82, 2.24) is 9.97 Å². The number of rotatable bonds is 0. The average Bonchev–Trinajstić information content (AvgIpc) is 2.87. The second-order valence-corrected chi connectivity index (χ2v) is 4.24. The van der Waals surface area contributed by atoms with Crippen LogP contribution in [0.1, 0.15) is 22.3 Å². The van der Waals surface area contributed by atoms with Gasteiger partial charge in [0, 0.05) is 16.3 Å². The van der Waals surface area contributed by atoms with Crippen molar-refractivity contribution in [3.63, 3.8) is 0 Å². The maximum absolute atomic E-state index is 11.5. The van der Waals surface area contributed by atoms with Crippen LogP contribution in [0.5, 0.6) is 0 Å². The van der Waals surface area contributed by atoms with E-state index in [1.54, 1.807) is 6.20 Å². The topological polar surface area (TPSA) is 75.2 Å². The van der Waals surface area contributed by atoms with E-state index in [1.807, 2.05) is 24.3 Å². The van der Waals surface area contributed by atoms with Gasteiger partial charge < -0.3 is 14.8 Å². The lowest BCUT2D eigenvalue weighted by Gasteiger charge is -2.02. The third-order valence-electron chi connectivity index (χ3n) is 3.24. The summed E-state index contributed by atoms with van der Waals surface area (Å²) in [7, 11) is 0. The Morgan fingerprint density at radius 2 is 2.11 bits per heavy atom. The van der Waals surface area contributed by atoms with Crippen molar-refractivity contribution in [2.45, 2.75) is 6.29 Å². The second-order valence-electron chi connectivity index (χ2n) is 4.24. The van der Waals surface area contributed by atoms with E-state index in [9.17, 15) is 9.90 Å². The van der Waals surface area contributed by atoms with Gasteiger partial charge in [-0.2, -0.15) is 0 Å². The Kier molecular flexibility index (Phi) is 1.65. The van der Waals surface area contributed by atoms with Crippen molar-refractivity contribution in [1.29, 1.82) is 0 Å². The Balaban J connectivity index is 2.26. The van der Waals surface area contributed by atoms with Gasteiger partial charge in [0.25, 0.3) is 0 Å². The molecular formula is C13H8N2O3. The molecule has 4 rings (SSSR count). The van der Waals surface area contributed by atoms with Gasteiger partial charge in [0.15, 0.2) is 5.69 Å². The molecule has 3 heterocycles. The molecule has 88 valence electrons. The molecule has 0 aliphatic carbocycles. The number of H-pyrrole nitrogens is 1. The van der Waals surface area contributed by atoms with Gasteiger partial charge in [-0.3, -0.25) is 0 Å². The molecule has 0 bridgehead atoms. The van der Waals surface area contributed by atoms with Gasteiger partial charge in [-0.05, 0) is 6.07 Å². The zero-order valence-corrected chi connectivity index (χ0v) is 9.18. The highest BCUT2D eigenvalue weighted by molar-refractivity contribution is 6.12. The number of cyclic esters (lactones) is 1. The predicted molar refractivity (Wildman–Crippen MR) is 64.0 cm³/mol. The standard InChI is InChI=1S/C13H8N2O3/c16-12-10-9-6-3-1-2-4-7(6)15-8(9)5-14-11(10)13(17)18-12/h1-5,12,15-16H. The Bertz CT molecular complexity index is 806. The summed E-state index contributed by atoms with van der Waals surface area (Å²) in [5.74, 6) is -0.579. The Labute approximate surface area is 101 Å². The number of aromatic nitrogens is 2. The number of para-hydroxylation sites is 1. The van der Waals surface area contributed by atoms with Crippen LogP contribution < -0.4 is 0 Å². The molecule has 1 aliphatic heterocycles. The molecule has 0 radical (unpaired) electrons. The van der Waals surface area contributed by atoms with Gasteiger partial charge in [0.1, 0.15) is 0 Å². The number of esters is 1. The highest BCUT2D eigenvalue weighted by atomic mass is 16.6. The van der Waals surface area contributed by atoms with Crippen LogP contribution in [0.4, 0.5) is 0 Å². The Hall–Kier alpha value is -2.40. The minimum Gasteiger partial charge on any atom is -0.427 e. The molecule has 2 N–H and O–H groups in total. The minimum absolute atomic E-state index is 0.194. The summed E-state index contributed by atoms with van der Waals surface area (Å²) in [4.78, 5) is 18.8. The van der Waals surface area contributed by atoms with Crippen LogP contribution in [0.25, 0.3) is 21.8 Å². The summed E-state index contributed by atoms with van der Waals surface area (Å²) in [6, 6.07) is 7.70. The molecule has 1 atom stereocenters. The van der Waals surface area contributed by atoms with E-state index in [0.717, 1.165) is 21.8 Å². The monoisotopic (exact) mass is 240 g/mol. The Morgan fingerprint density at radius 1 is 1.28 bits per heavy atom. The summed E-state index contributed by atoms with van der Waals surface area (Å²) in [5, 5.41) is 11.6. The molecule has 2 aromatic heterocycles. The van der Waals surface area contributed by atoms with E-state index in [-0.39, 0.29) is 5.69 Å². The fraction of sp³-hybridized carbons (Fsp3) is 0.0769. The zero-order valence-electron chi connectivity index (χ0n) is 9.18. The van der Waals surface area contributed by atoms with Crippen molar-refractivity contribution in [2.24, 2.45) is 0 Å². The van der Waals surface area contributed by atoms with Gasteiger partial charge in [-0.1, -0.05) is 18.2 Å². The predicted octanol–water partition coefficient (Wildman–Crippen LogP) is 1.88. The third-order valence-corrected chi connectivity index (χ3v) is 3.24. The van der Waals surface area contributed by atoms with E-state index in [2.05, 4.69) is 9.97 Å². The quantitative estimate of drug-likeness (QED) is 0.588. The fourth-order valence-corrected chi connectivity index (χ4v) is 2.49. The normalized spacial score (nSPS) is 18.3. The smallest absolute Gasteiger partial charge is 0.360 e. The van der Waals surface area contributed by atoms with Gasteiger partial charge in [-0.15, -0.1) is 0 Å². The second kappa shape index (κ2) is 3.08. The number of carbonyl (C=O) groups is 1. The van der Waals surface area contributed by atoms with E-state index in [4.69, 9.17) is 4.74 Å². The number of aromatic amines is 1. The summed E-state index contributed by atoms with van der Waals surface area (Å²) >= 11 is 0. The number of aliphatic hydroxyl groups is 1.